The first kappa shape index (κ1) is 17.0. The number of nitrogens with zero attached hydrogens (tertiary/aromatic N) is 1. The van der Waals surface area contributed by atoms with Crippen molar-refractivity contribution >= 4 is 29.5 Å². The topological polar surface area (TPSA) is 88.9 Å². The van der Waals surface area contributed by atoms with E-state index in [-0.39, 0.29) is 18.1 Å². The van der Waals surface area contributed by atoms with Crippen LogP contribution in [0.4, 0.5) is 4.79 Å². The molecule has 0 radical (unpaired) electrons. The van der Waals surface area contributed by atoms with Gasteiger partial charge >= 0.3 is 12.0 Å². The Balaban J connectivity index is 1.86. The van der Waals surface area contributed by atoms with Crippen molar-refractivity contribution in [2.75, 3.05) is 7.11 Å². The molecular formula is C17H15ClN2O5. The highest BCUT2D eigenvalue weighted by Crippen LogP contribution is 2.34. The van der Waals surface area contributed by atoms with Gasteiger partial charge in [-0.05, 0) is 25.1 Å². The van der Waals surface area contributed by atoms with Crippen LogP contribution < -0.4 is 5.32 Å². The number of hydrogen-bond acceptors (Lipinski definition) is 5. The first-order valence-electron chi connectivity index (χ1n) is 7.43. The maximum absolute atomic E-state index is 12.8. The van der Waals surface area contributed by atoms with Crippen LogP contribution in [0.15, 0.2) is 40.8 Å². The minimum atomic E-state index is -1.27. The second kappa shape index (κ2) is 6.25. The normalized spacial score (nSPS) is 19.9. The maximum Gasteiger partial charge on any atom is 0.373 e. The van der Waals surface area contributed by atoms with Crippen LogP contribution in [0.1, 0.15) is 28.8 Å². The molecule has 1 aliphatic heterocycles. The van der Waals surface area contributed by atoms with Crippen LogP contribution >= 0.6 is 11.6 Å². The molecule has 1 aliphatic rings. The summed E-state index contributed by atoms with van der Waals surface area (Å²) in [5.74, 6) is -0.809. The molecule has 0 bridgehead atoms. The fraction of sp³-hybridized carbons (Fsp3) is 0.235. The van der Waals surface area contributed by atoms with E-state index in [4.69, 9.17) is 16.0 Å². The molecule has 1 aromatic heterocycles. The number of amides is 3. The van der Waals surface area contributed by atoms with Crippen molar-refractivity contribution in [1.29, 1.82) is 0 Å². The van der Waals surface area contributed by atoms with Crippen molar-refractivity contribution in [3.8, 4) is 0 Å². The lowest BCUT2D eigenvalue weighted by atomic mass is 9.92. The van der Waals surface area contributed by atoms with Crippen molar-refractivity contribution in [2.45, 2.75) is 19.0 Å². The largest absolute Gasteiger partial charge is 0.463 e. The van der Waals surface area contributed by atoms with Gasteiger partial charge < -0.3 is 14.5 Å². The Morgan fingerprint density at radius 3 is 2.68 bits per heavy atom. The van der Waals surface area contributed by atoms with Crippen molar-refractivity contribution < 1.29 is 23.5 Å². The van der Waals surface area contributed by atoms with E-state index < -0.39 is 23.4 Å². The van der Waals surface area contributed by atoms with Crippen LogP contribution in [-0.4, -0.2) is 29.9 Å². The average molecular weight is 363 g/mol. The number of esters is 1. The van der Waals surface area contributed by atoms with Gasteiger partial charge in [-0.2, -0.15) is 0 Å². The van der Waals surface area contributed by atoms with Crippen LogP contribution in [0.3, 0.4) is 0 Å². The van der Waals surface area contributed by atoms with Gasteiger partial charge in [0.05, 0.1) is 13.7 Å². The SMILES string of the molecule is COC(=O)c1ccc(CN2C(=O)N[C@](C)(c3ccccc3Cl)C2=O)o1. The molecule has 0 aliphatic carbocycles. The fourth-order valence-corrected chi connectivity index (χ4v) is 3.04. The number of urea groups is 1. The molecule has 3 rings (SSSR count). The van der Waals surface area contributed by atoms with E-state index in [1.165, 1.54) is 19.2 Å². The van der Waals surface area contributed by atoms with Gasteiger partial charge in [-0.1, -0.05) is 29.8 Å². The first-order chi connectivity index (χ1) is 11.9. The molecule has 2 aromatic rings. The number of rotatable bonds is 4. The zero-order valence-corrected chi connectivity index (χ0v) is 14.3. The minimum absolute atomic E-state index is 0.00146. The van der Waals surface area contributed by atoms with Crippen LogP contribution in [0.2, 0.25) is 5.02 Å². The molecule has 7 nitrogen and oxygen atoms in total. The predicted molar refractivity (Wildman–Crippen MR) is 87.9 cm³/mol. The fourth-order valence-electron chi connectivity index (χ4n) is 2.72. The molecule has 3 amide bonds. The lowest BCUT2D eigenvalue weighted by molar-refractivity contribution is -0.131. The summed E-state index contributed by atoms with van der Waals surface area (Å²) in [5.41, 5.74) is -0.764. The minimum Gasteiger partial charge on any atom is -0.463 e. The molecule has 25 heavy (non-hydrogen) atoms. The molecule has 0 unspecified atom stereocenters. The summed E-state index contributed by atoms with van der Waals surface area (Å²) in [5, 5.41) is 3.05. The summed E-state index contributed by atoms with van der Waals surface area (Å²) in [6.07, 6.45) is 0. The average Bonchev–Trinajstić information content (AvgIpc) is 3.14. The van der Waals surface area contributed by atoms with E-state index in [9.17, 15) is 14.4 Å². The number of furan rings is 1. The van der Waals surface area contributed by atoms with E-state index in [1.54, 1.807) is 31.2 Å². The lowest BCUT2D eigenvalue weighted by Gasteiger charge is -2.23. The van der Waals surface area contributed by atoms with E-state index in [0.717, 1.165) is 4.90 Å². The van der Waals surface area contributed by atoms with Gasteiger partial charge in [-0.25, -0.2) is 9.59 Å². The van der Waals surface area contributed by atoms with Gasteiger partial charge in [-0.3, -0.25) is 9.69 Å². The zero-order valence-electron chi connectivity index (χ0n) is 13.5. The van der Waals surface area contributed by atoms with Crippen LogP contribution in [-0.2, 0) is 21.6 Å². The molecule has 1 saturated heterocycles. The number of methoxy groups -OCH3 is 1. The van der Waals surface area contributed by atoms with Crippen molar-refractivity contribution in [2.24, 2.45) is 0 Å². The summed E-state index contributed by atoms with van der Waals surface area (Å²) in [6.45, 7) is 1.48. The van der Waals surface area contributed by atoms with E-state index in [2.05, 4.69) is 10.1 Å². The molecule has 1 N–H and O–H groups in total. The zero-order chi connectivity index (χ0) is 18.2. The van der Waals surface area contributed by atoms with Crippen molar-refractivity contribution in [1.82, 2.24) is 10.2 Å². The Labute approximate surface area is 148 Å². The number of imide groups is 1. The number of ether oxygens (including phenoxy) is 1. The molecule has 0 saturated carbocycles. The highest BCUT2D eigenvalue weighted by molar-refractivity contribution is 6.32. The van der Waals surface area contributed by atoms with Crippen LogP contribution in [0.5, 0.6) is 0 Å². The highest BCUT2D eigenvalue weighted by atomic mass is 35.5. The lowest BCUT2D eigenvalue weighted by Crippen LogP contribution is -2.41. The van der Waals surface area contributed by atoms with Gasteiger partial charge in [0.25, 0.3) is 5.91 Å². The molecule has 1 fully saturated rings. The van der Waals surface area contributed by atoms with E-state index in [1.807, 2.05) is 0 Å². The number of hydrogen-bond donors (Lipinski definition) is 1. The first-order valence-corrected chi connectivity index (χ1v) is 7.80. The summed E-state index contributed by atoms with van der Waals surface area (Å²) < 4.78 is 9.88. The highest BCUT2D eigenvalue weighted by Gasteiger charge is 2.50. The third-order valence-corrected chi connectivity index (χ3v) is 4.38. The Hall–Kier alpha value is -2.80. The Bertz CT molecular complexity index is 862. The van der Waals surface area contributed by atoms with Crippen molar-refractivity contribution in [3.63, 3.8) is 0 Å². The summed E-state index contributed by atoms with van der Waals surface area (Å²) in [4.78, 5) is 37.6. The Morgan fingerprint density at radius 1 is 1.28 bits per heavy atom. The molecular weight excluding hydrogens is 348 g/mol. The van der Waals surface area contributed by atoms with Gasteiger partial charge in [0.15, 0.2) is 0 Å². The van der Waals surface area contributed by atoms with E-state index >= 15 is 0 Å². The number of benzene rings is 1. The number of nitrogens with one attached hydrogen (secondary N) is 1. The molecule has 1 atom stereocenters. The second-order valence-corrected chi connectivity index (χ2v) is 6.09. The molecule has 8 heteroatoms. The second-order valence-electron chi connectivity index (χ2n) is 5.68. The van der Waals surface area contributed by atoms with Crippen LogP contribution in [0, 0.1) is 0 Å². The van der Waals surface area contributed by atoms with E-state index in [0.29, 0.717) is 10.6 Å². The summed E-state index contributed by atoms with van der Waals surface area (Å²) in [7, 11) is 1.23. The summed E-state index contributed by atoms with van der Waals surface area (Å²) in [6, 6.07) is 9.19. The third-order valence-electron chi connectivity index (χ3n) is 4.05. The molecule has 130 valence electrons. The molecule has 2 heterocycles. The van der Waals surface area contributed by atoms with Gasteiger partial charge in [0.1, 0.15) is 11.3 Å². The Kier molecular flexibility index (Phi) is 4.26. The standard InChI is InChI=1S/C17H15ClN2O5/c1-17(11-5-3-4-6-12(11)18)15(22)20(16(23)19-17)9-10-7-8-13(25-10)14(21)24-2/h3-8H,9H2,1-2H3,(H,19,23)/t17-/m1/s1. The van der Waals surface area contributed by atoms with Gasteiger partial charge in [-0.15, -0.1) is 0 Å². The predicted octanol–water partition coefficient (Wildman–Crippen LogP) is 2.69. The quantitative estimate of drug-likeness (QED) is 0.667. The van der Waals surface area contributed by atoms with Crippen molar-refractivity contribution in [3.05, 3.63) is 58.5 Å². The molecule has 0 spiro atoms. The molecule has 1 aromatic carbocycles. The number of halogens is 1. The Morgan fingerprint density at radius 2 is 2.00 bits per heavy atom. The maximum atomic E-state index is 12.8. The van der Waals surface area contributed by atoms with Gasteiger partial charge in [0.2, 0.25) is 5.76 Å². The third kappa shape index (κ3) is 2.87. The number of carbonyl (C=O) groups excluding carboxylic acids is 3. The summed E-state index contributed by atoms with van der Waals surface area (Å²) >= 11 is 6.18. The van der Waals surface area contributed by atoms with Crippen LogP contribution in [0.25, 0.3) is 0 Å². The monoisotopic (exact) mass is 362 g/mol. The smallest absolute Gasteiger partial charge is 0.373 e. The van der Waals surface area contributed by atoms with Gasteiger partial charge in [0, 0.05) is 10.6 Å². The number of carbonyl (C=O) groups is 3.